The summed E-state index contributed by atoms with van der Waals surface area (Å²) >= 11 is 0. The van der Waals surface area contributed by atoms with Gasteiger partial charge in [-0.3, -0.25) is 9.59 Å². The molecule has 0 bridgehead atoms. The van der Waals surface area contributed by atoms with E-state index in [4.69, 9.17) is 5.73 Å². The van der Waals surface area contributed by atoms with Crippen molar-refractivity contribution in [3.05, 3.63) is 29.8 Å². The third kappa shape index (κ3) is 6.57. The van der Waals surface area contributed by atoms with E-state index in [2.05, 4.69) is 10.6 Å². The van der Waals surface area contributed by atoms with Gasteiger partial charge >= 0.3 is 0 Å². The van der Waals surface area contributed by atoms with Crippen molar-refractivity contribution in [2.45, 2.75) is 32.7 Å². The molecule has 0 aliphatic heterocycles. The highest BCUT2D eigenvalue weighted by Gasteiger charge is 2.02. The number of carbonyl (C=O) groups is 2. The van der Waals surface area contributed by atoms with Gasteiger partial charge in [-0.2, -0.15) is 0 Å². The second-order valence-electron chi connectivity index (χ2n) is 4.44. The Balaban J connectivity index is 2.32. The van der Waals surface area contributed by atoms with Crippen molar-refractivity contribution in [3.8, 4) is 0 Å². The second kappa shape index (κ2) is 8.26. The Morgan fingerprint density at radius 2 is 1.95 bits per heavy atom. The monoisotopic (exact) mass is 263 g/mol. The molecule has 0 unspecified atom stereocenters. The Morgan fingerprint density at radius 1 is 1.21 bits per heavy atom. The van der Waals surface area contributed by atoms with Crippen LogP contribution in [-0.4, -0.2) is 18.4 Å². The molecule has 0 saturated heterocycles. The van der Waals surface area contributed by atoms with E-state index >= 15 is 0 Å². The van der Waals surface area contributed by atoms with Crippen LogP contribution in [0.25, 0.3) is 0 Å². The van der Waals surface area contributed by atoms with Crippen molar-refractivity contribution >= 4 is 17.5 Å². The average molecular weight is 263 g/mol. The summed E-state index contributed by atoms with van der Waals surface area (Å²) < 4.78 is 0. The summed E-state index contributed by atoms with van der Waals surface area (Å²) in [6, 6.07) is 7.68. The number of hydrogen-bond acceptors (Lipinski definition) is 3. The van der Waals surface area contributed by atoms with E-state index in [1.165, 1.54) is 6.92 Å². The summed E-state index contributed by atoms with van der Waals surface area (Å²) in [7, 11) is 0. The fourth-order valence-electron chi connectivity index (χ4n) is 1.76. The molecule has 2 amide bonds. The number of unbranched alkanes of at least 4 members (excludes halogenated alkanes) is 1. The van der Waals surface area contributed by atoms with Crippen LogP contribution in [0.4, 0.5) is 5.69 Å². The highest BCUT2D eigenvalue weighted by molar-refractivity contribution is 5.89. The lowest BCUT2D eigenvalue weighted by molar-refractivity contribution is -0.118. The molecule has 0 fully saturated rings. The van der Waals surface area contributed by atoms with Crippen LogP contribution >= 0.6 is 0 Å². The minimum absolute atomic E-state index is 0.0751. The zero-order chi connectivity index (χ0) is 14.1. The predicted molar refractivity (Wildman–Crippen MR) is 75.5 cm³/mol. The SMILES string of the molecule is CC(=O)Nc1ccccc1CNCCCCC(N)=O. The maximum atomic E-state index is 11.1. The summed E-state index contributed by atoms with van der Waals surface area (Å²) in [5.41, 5.74) is 6.95. The first-order chi connectivity index (χ1) is 9.09. The molecule has 0 spiro atoms. The van der Waals surface area contributed by atoms with Crippen LogP contribution in [0.1, 0.15) is 31.7 Å². The number of carbonyl (C=O) groups excluding carboxylic acids is 2. The average Bonchev–Trinajstić information content (AvgIpc) is 2.34. The van der Waals surface area contributed by atoms with Crippen LogP contribution in [-0.2, 0) is 16.1 Å². The summed E-state index contributed by atoms with van der Waals surface area (Å²) in [4.78, 5) is 21.6. The molecule has 5 heteroatoms. The first-order valence-corrected chi connectivity index (χ1v) is 6.44. The Kier molecular flexibility index (Phi) is 6.60. The molecule has 1 aromatic carbocycles. The standard InChI is InChI=1S/C14H21N3O2/c1-11(18)17-13-7-3-2-6-12(13)10-16-9-5-4-8-14(15)19/h2-3,6-7,16H,4-5,8-10H2,1H3,(H2,15,19)(H,17,18). The van der Waals surface area contributed by atoms with Gasteiger partial charge in [0.1, 0.15) is 0 Å². The fraction of sp³-hybridized carbons (Fsp3) is 0.429. The van der Waals surface area contributed by atoms with Crippen molar-refractivity contribution in [2.24, 2.45) is 5.73 Å². The number of hydrogen-bond donors (Lipinski definition) is 3. The third-order valence-corrected chi connectivity index (χ3v) is 2.67. The number of benzene rings is 1. The van der Waals surface area contributed by atoms with Gasteiger partial charge < -0.3 is 16.4 Å². The van der Waals surface area contributed by atoms with E-state index < -0.39 is 0 Å². The van der Waals surface area contributed by atoms with Gasteiger partial charge in [0.05, 0.1) is 0 Å². The number of rotatable bonds is 8. The van der Waals surface area contributed by atoms with Gasteiger partial charge in [-0.05, 0) is 31.0 Å². The molecule has 19 heavy (non-hydrogen) atoms. The molecule has 5 nitrogen and oxygen atoms in total. The lowest BCUT2D eigenvalue weighted by atomic mass is 10.1. The van der Waals surface area contributed by atoms with Crippen LogP contribution in [0.15, 0.2) is 24.3 Å². The van der Waals surface area contributed by atoms with Gasteiger partial charge in [-0.25, -0.2) is 0 Å². The van der Waals surface area contributed by atoms with Gasteiger partial charge in [-0.15, -0.1) is 0 Å². The van der Waals surface area contributed by atoms with Crippen LogP contribution in [0.3, 0.4) is 0 Å². The van der Waals surface area contributed by atoms with Crippen molar-refractivity contribution < 1.29 is 9.59 Å². The van der Waals surface area contributed by atoms with E-state index in [9.17, 15) is 9.59 Å². The van der Waals surface area contributed by atoms with Gasteiger partial charge in [-0.1, -0.05) is 18.2 Å². The van der Waals surface area contributed by atoms with Gasteiger partial charge in [0, 0.05) is 25.6 Å². The van der Waals surface area contributed by atoms with Crippen molar-refractivity contribution in [1.82, 2.24) is 5.32 Å². The summed E-state index contributed by atoms with van der Waals surface area (Å²) in [6.45, 7) is 3.00. The van der Waals surface area contributed by atoms with E-state index in [1.807, 2.05) is 24.3 Å². The summed E-state index contributed by atoms with van der Waals surface area (Å²) in [6.07, 6.45) is 2.14. The van der Waals surface area contributed by atoms with Crippen molar-refractivity contribution in [3.63, 3.8) is 0 Å². The second-order valence-corrected chi connectivity index (χ2v) is 4.44. The molecular formula is C14H21N3O2. The normalized spacial score (nSPS) is 10.2. The third-order valence-electron chi connectivity index (χ3n) is 2.67. The number of nitrogens with two attached hydrogens (primary N) is 1. The number of amides is 2. The minimum atomic E-state index is -0.254. The first-order valence-electron chi connectivity index (χ1n) is 6.44. The zero-order valence-corrected chi connectivity index (χ0v) is 11.2. The van der Waals surface area contributed by atoms with Crippen molar-refractivity contribution in [2.75, 3.05) is 11.9 Å². The zero-order valence-electron chi connectivity index (χ0n) is 11.2. The molecule has 1 rings (SSSR count). The Bertz CT molecular complexity index is 432. The van der Waals surface area contributed by atoms with Crippen LogP contribution in [0.2, 0.25) is 0 Å². The maximum Gasteiger partial charge on any atom is 0.221 e. The van der Waals surface area contributed by atoms with E-state index in [0.717, 1.165) is 30.6 Å². The predicted octanol–water partition coefficient (Wildman–Crippen LogP) is 1.39. The van der Waals surface area contributed by atoms with E-state index in [0.29, 0.717) is 13.0 Å². The van der Waals surface area contributed by atoms with Gasteiger partial charge in [0.2, 0.25) is 11.8 Å². The van der Waals surface area contributed by atoms with Crippen LogP contribution < -0.4 is 16.4 Å². The fourth-order valence-corrected chi connectivity index (χ4v) is 1.76. The largest absolute Gasteiger partial charge is 0.370 e. The highest BCUT2D eigenvalue weighted by Crippen LogP contribution is 2.14. The topological polar surface area (TPSA) is 84.2 Å². The van der Waals surface area contributed by atoms with E-state index in [1.54, 1.807) is 0 Å². The summed E-state index contributed by atoms with van der Waals surface area (Å²) in [5, 5.41) is 6.09. The van der Waals surface area contributed by atoms with E-state index in [-0.39, 0.29) is 11.8 Å². The van der Waals surface area contributed by atoms with Crippen LogP contribution in [0.5, 0.6) is 0 Å². The molecule has 0 saturated carbocycles. The number of anilines is 1. The Hall–Kier alpha value is -1.88. The Morgan fingerprint density at radius 3 is 2.63 bits per heavy atom. The molecule has 0 heterocycles. The maximum absolute atomic E-state index is 11.1. The lowest BCUT2D eigenvalue weighted by Crippen LogP contribution is -2.18. The van der Waals surface area contributed by atoms with Gasteiger partial charge in [0.25, 0.3) is 0 Å². The molecule has 4 N–H and O–H groups in total. The highest BCUT2D eigenvalue weighted by atomic mass is 16.1. The molecule has 0 aromatic heterocycles. The summed E-state index contributed by atoms with van der Waals surface area (Å²) in [5.74, 6) is -0.329. The Labute approximate surface area is 113 Å². The lowest BCUT2D eigenvalue weighted by Gasteiger charge is -2.10. The minimum Gasteiger partial charge on any atom is -0.370 e. The molecule has 0 aliphatic rings. The number of para-hydroxylation sites is 1. The van der Waals surface area contributed by atoms with Crippen molar-refractivity contribution in [1.29, 1.82) is 0 Å². The number of nitrogens with one attached hydrogen (secondary N) is 2. The molecule has 0 radical (unpaired) electrons. The smallest absolute Gasteiger partial charge is 0.221 e. The molecule has 1 aromatic rings. The van der Waals surface area contributed by atoms with Gasteiger partial charge in [0.15, 0.2) is 0 Å². The molecule has 104 valence electrons. The molecular weight excluding hydrogens is 242 g/mol. The van der Waals surface area contributed by atoms with Crippen LogP contribution in [0, 0.1) is 0 Å². The quantitative estimate of drug-likeness (QED) is 0.620. The first kappa shape index (κ1) is 15.2. The molecule has 0 atom stereocenters. The number of primary amides is 1. The molecule has 0 aliphatic carbocycles.